The molecular weight excluding hydrogens is 300 g/mol. The van der Waals surface area contributed by atoms with E-state index >= 15 is 0 Å². The van der Waals surface area contributed by atoms with E-state index in [4.69, 9.17) is 4.52 Å². The van der Waals surface area contributed by atoms with Gasteiger partial charge in [-0.15, -0.1) is 11.3 Å². The number of thiophene rings is 1. The van der Waals surface area contributed by atoms with Crippen molar-refractivity contribution >= 4 is 17.2 Å². The molecule has 0 saturated heterocycles. The summed E-state index contributed by atoms with van der Waals surface area (Å²) in [5.74, 6) is 0.648. The number of aromatic nitrogens is 3. The van der Waals surface area contributed by atoms with Gasteiger partial charge in [-0.1, -0.05) is 25.1 Å². The van der Waals surface area contributed by atoms with Crippen LogP contribution in [-0.2, 0) is 6.54 Å². The van der Waals surface area contributed by atoms with E-state index in [-0.39, 0.29) is 11.8 Å². The summed E-state index contributed by atoms with van der Waals surface area (Å²) >= 11 is 1.62. The van der Waals surface area contributed by atoms with E-state index < -0.39 is 0 Å². The SMILES string of the molecule is CC(C)c1cc(C(=O)NCc2cn[nH]c2-c2cccs2)no1. The number of carbonyl (C=O) groups excluding carboxylic acids is 1. The lowest BCUT2D eigenvalue weighted by molar-refractivity contribution is 0.0942. The van der Waals surface area contributed by atoms with Crippen LogP contribution in [0.2, 0.25) is 0 Å². The van der Waals surface area contributed by atoms with Crippen LogP contribution in [0, 0.1) is 0 Å². The van der Waals surface area contributed by atoms with Crippen molar-refractivity contribution < 1.29 is 9.32 Å². The molecule has 0 aliphatic rings. The predicted molar refractivity (Wildman–Crippen MR) is 83.7 cm³/mol. The van der Waals surface area contributed by atoms with E-state index in [0.29, 0.717) is 18.0 Å². The molecule has 3 aromatic heterocycles. The maximum atomic E-state index is 12.1. The third-order valence-corrected chi connectivity index (χ3v) is 4.14. The minimum absolute atomic E-state index is 0.202. The largest absolute Gasteiger partial charge is 0.360 e. The van der Waals surface area contributed by atoms with Gasteiger partial charge in [-0.05, 0) is 11.4 Å². The topological polar surface area (TPSA) is 83.8 Å². The summed E-state index contributed by atoms with van der Waals surface area (Å²) in [7, 11) is 0. The molecule has 0 radical (unpaired) electrons. The second kappa shape index (κ2) is 6.15. The highest BCUT2D eigenvalue weighted by Gasteiger charge is 2.15. The second-order valence-electron chi connectivity index (χ2n) is 5.20. The number of hydrogen-bond acceptors (Lipinski definition) is 5. The van der Waals surface area contributed by atoms with E-state index in [9.17, 15) is 4.79 Å². The summed E-state index contributed by atoms with van der Waals surface area (Å²) < 4.78 is 5.14. The molecule has 0 aromatic carbocycles. The summed E-state index contributed by atoms with van der Waals surface area (Å²) in [4.78, 5) is 13.2. The molecule has 6 nitrogen and oxygen atoms in total. The van der Waals surface area contributed by atoms with Crippen LogP contribution in [0.5, 0.6) is 0 Å². The molecule has 2 N–H and O–H groups in total. The lowest BCUT2D eigenvalue weighted by atomic mass is 10.1. The molecule has 7 heteroatoms. The molecule has 0 atom stereocenters. The lowest BCUT2D eigenvalue weighted by Gasteiger charge is -2.03. The maximum absolute atomic E-state index is 12.1. The van der Waals surface area contributed by atoms with Gasteiger partial charge in [0.2, 0.25) is 0 Å². The van der Waals surface area contributed by atoms with Crippen LogP contribution >= 0.6 is 11.3 Å². The van der Waals surface area contributed by atoms with Gasteiger partial charge in [-0.3, -0.25) is 9.89 Å². The van der Waals surface area contributed by atoms with Crippen molar-refractivity contribution in [1.29, 1.82) is 0 Å². The Kier molecular flexibility index (Phi) is 4.06. The fourth-order valence-corrected chi connectivity index (χ4v) is 2.77. The van der Waals surface area contributed by atoms with Crippen molar-refractivity contribution in [3.63, 3.8) is 0 Å². The van der Waals surface area contributed by atoms with E-state index in [1.165, 1.54) is 0 Å². The standard InChI is InChI=1S/C15H16N4O2S/c1-9(2)12-6-11(19-21-12)15(20)16-7-10-8-17-18-14(10)13-4-3-5-22-13/h3-6,8-9H,7H2,1-2H3,(H,16,20)(H,17,18). The Morgan fingerprint density at radius 2 is 2.36 bits per heavy atom. The molecule has 0 spiro atoms. The number of nitrogens with one attached hydrogen (secondary N) is 2. The lowest BCUT2D eigenvalue weighted by Crippen LogP contribution is -2.23. The smallest absolute Gasteiger partial charge is 0.273 e. The van der Waals surface area contributed by atoms with Gasteiger partial charge in [0, 0.05) is 24.1 Å². The second-order valence-corrected chi connectivity index (χ2v) is 6.15. The average Bonchev–Trinajstić information content (AvgIpc) is 3.23. The molecule has 0 unspecified atom stereocenters. The Morgan fingerprint density at radius 3 is 3.05 bits per heavy atom. The summed E-state index contributed by atoms with van der Waals surface area (Å²) in [6.45, 7) is 4.36. The van der Waals surface area contributed by atoms with Crippen molar-refractivity contribution in [1.82, 2.24) is 20.7 Å². The molecular formula is C15H16N4O2S. The van der Waals surface area contributed by atoms with Crippen molar-refractivity contribution in [2.75, 3.05) is 0 Å². The number of amides is 1. The molecule has 1 amide bonds. The molecule has 3 rings (SSSR count). The Labute approximate surface area is 131 Å². The van der Waals surface area contributed by atoms with Crippen molar-refractivity contribution in [3.8, 4) is 10.6 Å². The van der Waals surface area contributed by atoms with Crippen molar-refractivity contribution in [2.24, 2.45) is 0 Å². The Hall–Kier alpha value is -2.41. The number of hydrogen-bond donors (Lipinski definition) is 2. The molecule has 0 bridgehead atoms. The summed E-state index contributed by atoms with van der Waals surface area (Å²) in [6.07, 6.45) is 1.72. The van der Waals surface area contributed by atoms with E-state index in [1.807, 2.05) is 31.4 Å². The molecule has 114 valence electrons. The first-order chi connectivity index (χ1) is 10.6. The van der Waals surface area contributed by atoms with Crippen LogP contribution in [0.15, 0.2) is 34.3 Å². The van der Waals surface area contributed by atoms with Gasteiger partial charge in [0.15, 0.2) is 5.69 Å². The molecule has 0 aliphatic heterocycles. The number of aromatic amines is 1. The van der Waals surface area contributed by atoms with Crippen LogP contribution < -0.4 is 5.32 Å². The first kappa shape index (κ1) is 14.5. The van der Waals surface area contributed by atoms with Gasteiger partial charge in [-0.2, -0.15) is 5.10 Å². The first-order valence-electron chi connectivity index (χ1n) is 6.96. The minimum Gasteiger partial charge on any atom is -0.360 e. The average molecular weight is 316 g/mol. The molecule has 0 aliphatic carbocycles. The van der Waals surface area contributed by atoms with Crippen molar-refractivity contribution in [2.45, 2.75) is 26.3 Å². The van der Waals surface area contributed by atoms with Crippen LogP contribution in [0.1, 0.15) is 41.6 Å². The van der Waals surface area contributed by atoms with Gasteiger partial charge in [-0.25, -0.2) is 0 Å². The zero-order valence-corrected chi connectivity index (χ0v) is 13.1. The van der Waals surface area contributed by atoms with Crippen LogP contribution in [0.25, 0.3) is 10.6 Å². The first-order valence-corrected chi connectivity index (χ1v) is 7.84. The fourth-order valence-electron chi connectivity index (χ4n) is 2.01. The number of rotatable bonds is 5. The maximum Gasteiger partial charge on any atom is 0.273 e. The summed E-state index contributed by atoms with van der Waals surface area (Å²) in [5, 5.41) is 15.7. The summed E-state index contributed by atoms with van der Waals surface area (Å²) in [5.41, 5.74) is 2.16. The quantitative estimate of drug-likeness (QED) is 0.757. The summed E-state index contributed by atoms with van der Waals surface area (Å²) in [6, 6.07) is 5.66. The number of carbonyl (C=O) groups is 1. The van der Waals surface area contributed by atoms with Gasteiger partial charge in [0.1, 0.15) is 5.76 Å². The number of nitrogens with zero attached hydrogens (tertiary/aromatic N) is 2. The van der Waals surface area contributed by atoms with Gasteiger partial charge >= 0.3 is 0 Å². The molecule has 22 heavy (non-hydrogen) atoms. The molecule has 3 aromatic rings. The van der Waals surface area contributed by atoms with E-state index in [1.54, 1.807) is 23.6 Å². The Bertz CT molecular complexity index is 758. The third-order valence-electron chi connectivity index (χ3n) is 3.25. The van der Waals surface area contributed by atoms with Gasteiger partial charge < -0.3 is 9.84 Å². The van der Waals surface area contributed by atoms with Crippen molar-refractivity contribution in [3.05, 3.63) is 46.8 Å². The monoisotopic (exact) mass is 316 g/mol. The zero-order chi connectivity index (χ0) is 15.5. The van der Waals surface area contributed by atoms with Gasteiger partial charge in [0.25, 0.3) is 5.91 Å². The Balaban J connectivity index is 1.68. The minimum atomic E-state index is -0.256. The Morgan fingerprint density at radius 1 is 1.50 bits per heavy atom. The zero-order valence-electron chi connectivity index (χ0n) is 12.3. The molecule has 0 fully saturated rings. The third kappa shape index (κ3) is 2.94. The van der Waals surface area contributed by atoms with Gasteiger partial charge in [0.05, 0.1) is 16.8 Å². The van der Waals surface area contributed by atoms with Crippen LogP contribution in [0.3, 0.4) is 0 Å². The van der Waals surface area contributed by atoms with E-state index in [2.05, 4.69) is 20.7 Å². The highest BCUT2D eigenvalue weighted by atomic mass is 32.1. The van der Waals surface area contributed by atoms with E-state index in [0.717, 1.165) is 16.1 Å². The molecule has 0 saturated carbocycles. The number of H-pyrrole nitrogens is 1. The fraction of sp³-hybridized carbons (Fsp3) is 0.267. The normalized spacial score (nSPS) is 11.0. The molecule has 3 heterocycles. The highest BCUT2D eigenvalue weighted by Crippen LogP contribution is 2.25. The highest BCUT2D eigenvalue weighted by molar-refractivity contribution is 7.13. The predicted octanol–water partition coefficient (Wildman–Crippen LogP) is 3.18. The van der Waals surface area contributed by atoms with Crippen LogP contribution in [0.4, 0.5) is 0 Å². The van der Waals surface area contributed by atoms with Crippen LogP contribution in [-0.4, -0.2) is 21.3 Å².